The lowest BCUT2D eigenvalue weighted by Crippen LogP contribution is -2.55. The number of nitrogens with zero attached hydrogens (tertiary/aromatic N) is 3. The topological polar surface area (TPSA) is 101 Å². The van der Waals surface area contributed by atoms with Crippen LogP contribution < -0.4 is 11.1 Å². The Kier molecular flexibility index (Phi) is 6.47. The molecule has 33 heavy (non-hydrogen) atoms. The predicted molar refractivity (Wildman–Crippen MR) is 132 cm³/mol. The quantitative estimate of drug-likeness (QED) is 0.556. The summed E-state index contributed by atoms with van der Waals surface area (Å²) < 4.78 is 0. The Morgan fingerprint density at radius 2 is 2.03 bits per heavy atom. The van der Waals surface area contributed by atoms with Crippen molar-refractivity contribution < 1.29 is 9.59 Å². The molecule has 2 atom stereocenters. The number of amides is 2. The van der Waals surface area contributed by atoms with Crippen LogP contribution in [0.5, 0.6) is 0 Å². The third kappa shape index (κ3) is 4.61. The van der Waals surface area contributed by atoms with E-state index in [1.807, 2.05) is 25.6 Å². The molecule has 4 rings (SSSR count). The highest BCUT2D eigenvalue weighted by atomic mass is 32.1. The van der Waals surface area contributed by atoms with Gasteiger partial charge in [0.1, 0.15) is 5.82 Å². The monoisotopic (exact) mass is 463 g/mol. The smallest absolute Gasteiger partial charge is 0.313 e. The maximum atomic E-state index is 13.4. The second-order valence-electron chi connectivity index (χ2n) is 8.85. The minimum atomic E-state index is -0.662. The number of hydrogen-bond acceptors (Lipinski definition) is 6. The van der Waals surface area contributed by atoms with E-state index in [0.717, 1.165) is 34.4 Å². The number of aryl methyl sites for hydroxylation is 1. The summed E-state index contributed by atoms with van der Waals surface area (Å²) in [6.45, 7) is 6.65. The number of anilines is 2. The molecule has 1 aliphatic heterocycles. The molecule has 1 fully saturated rings. The molecule has 1 aromatic carbocycles. The van der Waals surface area contributed by atoms with Gasteiger partial charge in [-0.3, -0.25) is 14.6 Å². The van der Waals surface area contributed by atoms with Gasteiger partial charge in [0.25, 0.3) is 0 Å². The van der Waals surface area contributed by atoms with Crippen LogP contribution in [0.4, 0.5) is 11.5 Å². The number of nitrogen functional groups attached to an aromatic ring is 1. The van der Waals surface area contributed by atoms with E-state index in [2.05, 4.69) is 46.5 Å². The molecule has 3 aromatic rings. The zero-order valence-corrected chi connectivity index (χ0v) is 20.0. The highest BCUT2D eigenvalue weighted by Gasteiger charge is 2.43. The van der Waals surface area contributed by atoms with Crippen LogP contribution >= 0.6 is 11.3 Å². The number of pyridine rings is 1. The number of carbonyl (C=O) groups is 2. The molecule has 8 heteroatoms. The number of benzene rings is 1. The molecule has 0 aliphatic carbocycles. The summed E-state index contributed by atoms with van der Waals surface area (Å²) in [6.07, 6.45) is 5.79. The van der Waals surface area contributed by atoms with Crippen molar-refractivity contribution in [2.75, 3.05) is 17.6 Å². The lowest BCUT2D eigenvalue weighted by molar-refractivity contribution is -0.150. The average molecular weight is 464 g/mol. The van der Waals surface area contributed by atoms with E-state index >= 15 is 0 Å². The van der Waals surface area contributed by atoms with Gasteiger partial charge >= 0.3 is 11.8 Å². The van der Waals surface area contributed by atoms with Crippen LogP contribution in [0.2, 0.25) is 0 Å². The molecule has 7 nitrogen and oxygen atoms in total. The SMILES string of the molecule is CCc1cc(NC(=O)C(=O)N2C[C@@H](C)CC[C@@]2(C)c2ccc(-c3cncs3)cc2)cnc1N. The molecule has 0 radical (unpaired) electrons. The van der Waals surface area contributed by atoms with Gasteiger partial charge in [-0.2, -0.15) is 0 Å². The summed E-state index contributed by atoms with van der Waals surface area (Å²) in [5.41, 5.74) is 10.5. The van der Waals surface area contributed by atoms with Crippen molar-refractivity contribution in [2.24, 2.45) is 5.92 Å². The largest absolute Gasteiger partial charge is 0.383 e. The van der Waals surface area contributed by atoms with Crippen molar-refractivity contribution in [3.63, 3.8) is 0 Å². The number of nitrogens with two attached hydrogens (primary N) is 1. The van der Waals surface area contributed by atoms with E-state index in [1.54, 1.807) is 22.3 Å². The summed E-state index contributed by atoms with van der Waals surface area (Å²) in [6, 6.07) is 9.99. The highest BCUT2D eigenvalue weighted by Crippen LogP contribution is 2.40. The van der Waals surface area contributed by atoms with Crippen molar-refractivity contribution >= 4 is 34.7 Å². The highest BCUT2D eigenvalue weighted by molar-refractivity contribution is 7.13. The first-order valence-electron chi connectivity index (χ1n) is 11.2. The lowest BCUT2D eigenvalue weighted by Gasteiger charge is -2.47. The van der Waals surface area contributed by atoms with Crippen LogP contribution in [0.15, 0.2) is 48.2 Å². The van der Waals surface area contributed by atoms with Crippen molar-refractivity contribution in [3.8, 4) is 10.4 Å². The van der Waals surface area contributed by atoms with Crippen LogP contribution in [0.3, 0.4) is 0 Å². The number of thiazole rings is 1. The van der Waals surface area contributed by atoms with E-state index in [4.69, 9.17) is 5.73 Å². The Hall–Kier alpha value is -3.26. The van der Waals surface area contributed by atoms with Crippen LogP contribution in [0.25, 0.3) is 10.4 Å². The van der Waals surface area contributed by atoms with Gasteiger partial charge in [0.15, 0.2) is 0 Å². The standard InChI is InChI=1S/C25H29N5O2S/c1-4-17-11-20(12-28-22(17)26)29-23(31)24(32)30-14-16(2)9-10-25(30,3)19-7-5-18(6-8-19)21-13-27-15-33-21/h5-8,11-13,15-16H,4,9-10,14H2,1-3H3,(H2,26,28)(H,29,31)/t16-,25-/m0/s1. The van der Waals surface area contributed by atoms with E-state index < -0.39 is 17.4 Å². The van der Waals surface area contributed by atoms with E-state index in [0.29, 0.717) is 30.4 Å². The molecule has 0 spiro atoms. The molecule has 2 amide bonds. The Morgan fingerprint density at radius 1 is 1.27 bits per heavy atom. The van der Waals surface area contributed by atoms with Gasteiger partial charge in [-0.25, -0.2) is 4.98 Å². The molecular weight excluding hydrogens is 434 g/mol. The summed E-state index contributed by atoms with van der Waals surface area (Å²) in [5.74, 6) is -0.451. The van der Waals surface area contributed by atoms with Crippen molar-refractivity contribution in [3.05, 3.63) is 59.4 Å². The van der Waals surface area contributed by atoms with Crippen molar-refractivity contribution in [1.82, 2.24) is 14.9 Å². The summed E-state index contributed by atoms with van der Waals surface area (Å²) in [7, 11) is 0. The Bertz CT molecular complexity index is 1150. The van der Waals surface area contributed by atoms with E-state index in [1.165, 1.54) is 6.20 Å². The number of rotatable bonds is 4. The van der Waals surface area contributed by atoms with Crippen LogP contribution in [-0.4, -0.2) is 33.2 Å². The van der Waals surface area contributed by atoms with Gasteiger partial charge < -0.3 is 16.0 Å². The zero-order valence-electron chi connectivity index (χ0n) is 19.2. The lowest BCUT2D eigenvalue weighted by atomic mass is 9.78. The average Bonchev–Trinajstić information content (AvgIpc) is 3.36. The molecule has 0 saturated carbocycles. The minimum Gasteiger partial charge on any atom is -0.383 e. The Labute approximate surface area is 198 Å². The normalized spacial score (nSPS) is 20.5. The molecule has 2 aromatic heterocycles. The van der Waals surface area contributed by atoms with Gasteiger partial charge in [0.2, 0.25) is 0 Å². The second kappa shape index (κ2) is 9.31. The minimum absolute atomic E-state index is 0.316. The first kappa shape index (κ1) is 22.9. The molecule has 3 heterocycles. The summed E-state index contributed by atoms with van der Waals surface area (Å²) >= 11 is 1.59. The number of aromatic nitrogens is 2. The Balaban J connectivity index is 1.58. The summed E-state index contributed by atoms with van der Waals surface area (Å²) in [5, 5.41) is 2.72. The van der Waals surface area contributed by atoms with Crippen molar-refractivity contribution in [2.45, 2.75) is 45.6 Å². The molecule has 1 aliphatic rings. The van der Waals surface area contributed by atoms with Gasteiger partial charge in [-0.05, 0) is 54.9 Å². The van der Waals surface area contributed by atoms with Gasteiger partial charge in [-0.1, -0.05) is 38.1 Å². The third-order valence-corrected chi connectivity index (χ3v) is 7.34. The fraction of sp³-hybridized carbons (Fsp3) is 0.360. The summed E-state index contributed by atoms with van der Waals surface area (Å²) in [4.78, 5) is 37.4. The molecule has 172 valence electrons. The van der Waals surface area contributed by atoms with Crippen LogP contribution in [0.1, 0.15) is 44.7 Å². The van der Waals surface area contributed by atoms with Crippen LogP contribution in [-0.2, 0) is 21.5 Å². The second-order valence-corrected chi connectivity index (χ2v) is 9.74. The van der Waals surface area contributed by atoms with E-state index in [9.17, 15) is 9.59 Å². The number of likely N-dealkylation sites (tertiary alicyclic amines) is 1. The molecule has 3 N–H and O–H groups in total. The number of nitrogens with one attached hydrogen (secondary N) is 1. The number of carbonyl (C=O) groups excluding carboxylic acids is 2. The van der Waals surface area contributed by atoms with Gasteiger partial charge in [0, 0.05) is 12.7 Å². The Morgan fingerprint density at radius 3 is 2.70 bits per heavy atom. The van der Waals surface area contributed by atoms with Gasteiger partial charge in [-0.15, -0.1) is 11.3 Å². The fourth-order valence-corrected chi connectivity index (χ4v) is 5.03. The first-order chi connectivity index (χ1) is 15.8. The maximum absolute atomic E-state index is 13.4. The zero-order chi connectivity index (χ0) is 23.6. The van der Waals surface area contributed by atoms with Crippen molar-refractivity contribution in [1.29, 1.82) is 0 Å². The molecule has 0 unspecified atom stereocenters. The number of hydrogen-bond donors (Lipinski definition) is 2. The van der Waals surface area contributed by atoms with Crippen LogP contribution in [0, 0.1) is 5.92 Å². The molecular formula is C25H29N5O2S. The molecule has 0 bridgehead atoms. The van der Waals surface area contributed by atoms with E-state index in [-0.39, 0.29) is 0 Å². The number of piperidine rings is 1. The maximum Gasteiger partial charge on any atom is 0.313 e. The molecule has 1 saturated heterocycles. The first-order valence-corrected chi connectivity index (χ1v) is 12.1. The third-order valence-electron chi connectivity index (χ3n) is 6.52. The van der Waals surface area contributed by atoms with Gasteiger partial charge in [0.05, 0.1) is 27.8 Å². The predicted octanol–water partition coefficient (Wildman–Crippen LogP) is 4.46. The fourth-order valence-electron chi connectivity index (χ4n) is 4.41.